The lowest BCUT2D eigenvalue weighted by molar-refractivity contribution is 0.326. The van der Waals surface area contributed by atoms with Crippen LogP contribution >= 0.6 is 12.4 Å². The third kappa shape index (κ3) is 3.47. The van der Waals surface area contributed by atoms with Crippen LogP contribution in [0.5, 0.6) is 0 Å². The van der Waals surface area contributed by atoms with Gasteiger partial charge in [0, 0.05) is 6.04 Å². The molecule has 0 saturated heterocycles. The highest BCUT2D eigenvalue weighted by atomic mass is 35.5. The van der Waals surface area contributed by atoms with E-state index in [0.29, 0.717) is 0 Å². The number of benzene rings is 1. The largest absolute Gasteiger partial charge is 0.324 e. The second-order valence-corrected chi connectivity index (χ2v) is 4.84. The van der Waals surface area contributed by atoms with Crippen LogP contribution in [-0.4, -0.2) is 0 Å². The van der Waals surface area contributed by atoms with Crippen LogP contribution in [0.2, 0.25) is 0 Å². The molecule has 0 saturated carbocycles. The Hall–Kier alpha value is -0.600. The topological polar surface area (TPSA) is 26.0 Å². The molecule has 1 nitrogen and oxygen atoms in total. The first-order valence-electron chi connectivity index (χ1n) is 4.84. The van der Waals surface area contributed by atoms with Crippen molar-refractivity contribution in [3.05, 3.63) is 35.1 Å². The molecule has 0 radical (unpaired) electrons. The van der Waals surface area contributed by atoms with Crippen molar-refractivity contribution in [3.8, 4) is 0 Å². The van der Waals surface area contributed by atoms with Gasteiger partial charge in [0.2, 0.25) is 0 Å². The molecule has 0 bridgehead atoms. The smallest absolute Gasteiger partial charge is 0.123 e. The van der Waals surface area contributed by atoms with Gasteiger partial charge in [0.05, 0.1) is 0 Å². The monoisotopic (exact) mass is 231 g/mol. The van der Waals surface area contributed by atoms with Gasteiger partial charge < -0.3 is 5.73 Å². The summed E-state index contributed by atoms with van der Waals surface area (Å²) in [4.78, 5) is 0. The zero-order valence-electron chi connectivity index (χ0n) is 9.67. The van der Waals surface area contributed by atoms with E-state index in [9.17, 15) is 4.39 Å². The quantitative estimate of drug-likeness (QED) is 0.785. The zero-order chi connectivity index (χ0) is 10.9. The third-order valence-corrected chi connectivity index (χ3v) is 2.50. The average Bonchev–Trinajstić information content (AvgIpc) is 2.01. The number of nitrogens with two attached hydrogens (primary N) is 1. The molecule has 0 aliphatic rings. The molecule has 86 valence electrons. The van der Waals surface area contributed by atoms with Crippen LogP contribution in [0.1, 0.15) is 37.9 Å². The predicted molar refractivity (Wildman–Crippen MR) is 64.8 cm³/mol. The van der Waals surface area contributed by atoms with Gasteiger partial charge in [-0.05, 0) is 35.6 Å². The van der Waals surface area contributed by atoms with E-state index >= 15 is 0 Å². The van der Waals surface area contributed by atoms with E-state index in [2.05, 4.69) is 20.8 Å². The van der Waals surface area contributed by atoms with Crippen molar-refractivity contribution in [1.82, 2.24) is 0 Å². The molecular formula is C12H19ClFN. The van der Waals surface area contributed by atoms with Crippen molar-refractivity contribution in [2.45, 2.75) is 33.7 Å². The molecule has 1 atom stereocenters. The minimum atomic E-state index is -0.202. The van der Waals surface area contributed by atoms with Crippen molar-refractivity contribution in [3.63, 3.8) is 0 Å². The lowest BCUT2D eigenvalue weighted by Crippen LogP contribution is -2.26. The Balaban J connectivity index is 0.00000196. The van der Waals surface area contributed by atoms with E-state index in [1.54, 1.807) is 6.07 Å². The summed E-state index contributed by atoms with van der Waals surface area (Å²) in [6.07, 6.45) is 0. The molecule has 0 aromatic heterocycles. The second-order valence-electron chi connectivity index (χ2n) is 4.84. The number of hydrogen-bond acceptors (Lipinski definition) is 1. The maximum atomic E-state index is 12.9. The third-order valence-electron chi connectivity index (χ3n) is 2.50. The van der Waals surface area contributed by atoms with Crippen LogP contribution in [0, 0.1) is 18.2 Å². The Morgan fingerprint density at radius 2 is 1.80 bits per heavy atom. The van der Waals surface area contributed by atoms with Crippen molar-refractivity contribution in [2.24, 2.45) is 11.1 Å². The number of rotatable bonds is 1. The van der Waals surface area contributed by atoms with Crippen LogP contribution in [0.25, 0.3) is 0 Å². The van der Waals surface area contributed by atoms with Crippen LogP contribution in [0.3, 0.4) is 0 Å². The Labute approximate surface area is 97.3 Å². The van der Waals surface area contributed by atoms with Gasteiger partial charge in [0.15, 0.2) is 0 Å². The second kappa shape index (κ2) is 4.95. The maximum absolute atomic E-state index is 12.9. The summed E-state index contributed by atoms with van der Waals surface area (Å²) >= 11 is 0. The van der Waals surface area contributed by atoms with E-state index in [1.807, 2.05) is 6.92 Å². The normalized spacial score (nSPS) is 13.2. The van der Waals surface area contributed by atoms with Gasteiger partial charge in [0.25, 0.3) is 0 Å². The predicted octanol–water partition coefficient (Wildman–Crippen LogP) is 3.60. The van der Waals surface area contributed by atoms with Crippen molar-refractivity contribution < 1.29 is 4.39 Å². The summed E-state index contributed by atoms with van der Waals surface area (Å²) in [7, 11) is 0. The Bertz CT molecular complexity index is 331. The lowest BCUT2D eigenvalue weighted by Gasteiger charge is -2.28. The van der Waals surface area contributed by atoms with E-state index in [1.165, 1.54) is 12.1 Å². The molecule has 0 heterocycles. The first-order chi connectivity index (χ1) is 6.32. The van der Waals surface area contributed by atoms with E-state index in [0.717, 1.165) is 11.1 Å². The molecule has 3 heteroatoms. The zero-order valence-corrected chi connectivity index (χ0v) is 10.5. The molecule has 2 N–H and O–H groups in total. The van der Waals surface area contributed by atoms with Crippen molar-refractivity contribution in [1.29, 1.82) is 0 Å². The van der Waals surface area contributed by atoms with E-state index in [-0.39, 0.29) is 29.7 Å². The highest BCUT2D eigenvalue weighted by Crippen LogP contribution is 2.32. The summed E-state index contributed by atoms with van der Waals surface area (Å²) < 4.78 is 12.9. The molecule has 0 fully saturated rings. The average molecular weight is 232 g/mol. The van der Waals surface area contributed by atoms with Gasteiger partial charge in [-0.1, -0.05) is 26.8 Å². The first-order valence-corrected chi connectivity index (χ1v) is 4.84. The number of hydrogen-bond donors (Lipinski definition) is 1. The fraction of sp³-hybridized carbons (Fsp3) is 0.500. The SMILES string of the molecule is Cc1cc(F)ccc1[C@H](N)C(C)(C)C.Cl. The molecule has 0 unspecified atom stereocenters. The van der Waals surface area contributed by atoms with Crippen LogP contribution < -0.4 is 5.73 Å². The Kier molecular flexibility index (Phi) is 4.75. The van der Waals surface area contributed by atoms with Crippen LogP contribution in [0.15, 0.2) is 18.2 Å². The van der Waals surface area contributed by atoms with Gasteiger partial charge in [-0.15, -0.1) is 12.4 Å². The van der Waals surface area contributed by atoms with Crippen molar-refractivity contribution in [2.75, 3.05) is 0 Å². The fourth-order valence-electron chi connectivity index (χ4n) is 1.45. The van der Waals surface area contributed by atoms with Crippen molar-refractivity contribution >= 4 is 12.4 Å². The lowest BCUT2D eigenvalue weighted by atomic mass is 9.81. The summed E-state index contributed by atoms with van der Waals surface area (Å²) in [6.45, 7) is 8.14. The Morgan fingerprint density at radius 1 is 1.27 bits per heavy atom. The molecule has 1 aromatic carbocycles. The molecule has 15 heavy (non-hydrogen) atoms. The molecular weight excluding hydrogens is 213 g/mol. The van der Waals surface area contributed by atoms with Gasteiger partial charge in [-0.2, -0.15) is 0 Å². The first kappa shape index (κ1) is 14.4. The van der Waals surface area contributed by atoms with E-state index < -0.39 is 0 Å². The maximum Gasteiger partial charge on any atom is 0.123 e. The fourth-order valence-corrected chi connectivity index (χ4v) is 1.45. The number of aryl methyl sites for hydroxylation is 1. The summed E-state index contributed by atoms with van der Waals surface area (Å²) in [5.74, 6) is -0.202. The van der Waals surface area contributed by atoms with E-state index in [4.69, 9.17) is 5.73 Å². The molecule has 0 amide bonds. The molecule has 0 spiro atoms. The standard InChI is InChI=1S/C12H18FN.ClH/c1-8-7-9(13)5-6-10(8)11(14)12(2,3)4;/h5-7,11H,14H2,1-4H3;1H/t11-;/m0./s1. The highest BCUT2D eigenvalue weighted by molar-refractivity contribution is 5.85. The van der Waals surface area contributed by atoms with Crippen LogP contribution in [0.4, 0.5) is 4.39 Å². The summed E-state index contributed by atoms with van der Waals surface area (Å²) in [5.41, 5.74) is 8.05. The Morgan fingerprint density at radius 3 is 2.20 bits per heavy atom. The minimum absolute atomic E-state index is 0. The van der Waals surface area contributed by atoms with Gasteiger partial charge in [-0.25, -0.2) is 4.39 Å². The van der Waals surface area contributed by atoms with Gasteiger partial charge >= 0.3 is 0 Å². The molecule has 1 aromatic rings. The highest BCUT2D eigenvalue weighted by Gasteiger charge is 2.23. The minimum Gasteiger partial charge on any atom is -0.324 e. The van der Waals surface area contributed by atoms with Gasteiger partial charge in [0.1, 0.15) is 5.82 Å². The number of halogens is 2. The summed E-state index contributed by atoms with van der Waals surface area (Å²) in [5, 5.41) is 0. The van der Waals surface area contributed by atoms with Gasteiger partial charge in [-0.3, -0.25) is 0 Å². The molecule has 0 aliphatic carbocycles. The molecule has 1 rings (SSSR count). The summed E-state index contributed by atoms with van der Waals surface area (Å²) in [6, 6.07) is 4.72. The van der Waals surface area contributed by atoms with Crippen LogP contribution in [-0.2, 0) is 0 Å². The molecule has 0 aliphatic heterocycles.